The van der Waals surface area contributed by atoms with Gasteiger partial charge in [-0.1, -0.05) is 6.58 Å². The van der Waals surface area contributed by atoms with Crippen molar-refractivity contribution in [2.45, 2.75) is 13.2 Å². The van der Waals surface area contributed by atoms with Gasteiger partial charge in [0, 0.05) is 6.08 Å². The smallest absolute Gasteiger partial charge is 0.412 e. The van der Waals surface area contributed by atoms with Crippen molar-refractivity contribution in [1.29, 1.82) is 0 Å². The predicted molar refractivity (Wildman–Crippen MR) is 48.7 cm³/mol. The van der Waals surface area contributed by atoms with Crippen LogP contribution in [0.3, 0.4) is 0 Å². The fraction of sp³-hybridized carbons (Fsp3) is 0.286. The molecule has 0 radical (unpaired) electrons. The first-order chi connectivity index (χ1) is 6.79. The Labute approximate surface area is 85.3 Å². The first-order valence-corrected chi connectivity index (χ1v) is 3.60. The van der Waals surface area contributed by atoms with Crippen molar-refractivity contribution >= 4 is 18.1 Å². The van der Waals surface area contributed by atoms with Crippen LogP contribution < -0.4 is 11.1 Å². The van der Waals surface area contributed by atoms with Crippen LogP contribution in [0.5, 0.6) is 0 Å². The summed E-state index contributed by atoms with van der Waals surface area (Å²) in [5, 5.41) is 17.4. The highest BCUT2D eigenvalue weighted by Gasteiger charge is 1.97. The number of imide groups is 1. The molecule has 0 aromatic heterocycles. The van der Waals surface area contributed by atoms with Crippen LogP contribution in [0.25, 0.3) is 0 Å². The summed E-state index contributed by atoms with van der Waals surface area (Å²) in [6, 6.07) is -1.06. The first kappa shape index (κ1) is 15.4. The summed E-state index contributed by atoms with van der Waals surface area (Å²) in [6.07, 6.45) is -1.49. The number of aliphatic hydroxyl groups excluding tert-OH is 1. The molecule has 1 unspecified atom stereocenters. The Balaban J connectivity index is 0. The van der Waals surface area contributed by atoms with Crippen LogP contribution in [0, 0.1) is 0 Å². The molecule has 0 saturated heterocycles. The lowest BCUT2D eigenvalue weighted by Gasteiger charge is -2.01. The van der Waals surface area contributed by atoms with Crippen LogP contribution in [0.4, 0.5) is 9.59 Å². The van der Waals surface area contributed by atoms with E-state index < -0.39 is 24.4 Å². The number of urea groups is 1. The third kappa shape index (κ3) is 18.7. The molecule has 0 heterocycles. The highest BCUT2D eigenvalue weighted by molar-refractivity contribution is 5.88. The molecular weight excluding hydrogens is 208 g/mol. The summed E-state index contributed by atoms with van der Waals surface area (Å²) in [7, 11) is 0. The number of amides is 3. The number of nitrogens with two attached hydrogens (primary N) is 1. The largest absolute Gasteiger partial charge is 0.465 e. The number of rotatable bonds is 2. The molecule has 0 bridgehead atoms. The number of hydrogen-bond acceptors (Lipinski definition) is 5. The first-order valence-electron chi connectivity index (χ1n) is 3.60. The molecule has 15 heavy (non-hydrogen) atoms. The van der Waals surface area contributed by atoms with E-state index >= 15 is 0 Å². The second-order valence-electron chi connectivity index (χ2n) is 2.03. The van der Waals surface area contributed by atoms with Crippen molar-refractivity contribution in [3.05, 3.63) is 12.7 Å². The van der Waals surface area contributed by atoms with Crippen molar-refractivity contribution in [2.24, 2.45) is 5.73 Å². The van der Waals surface area contributed by atoms with Crippen LogP contribution in [-0.2, 0) is 9.53 Å². The molecule has 0 aliphatic carbocycles. The number of carboxylic acid groups (broad SMARTS) is 1. The van der Waals surface area contributed by atoms with Gasteiger partial charge in [0.1, 0.15) is 0 Å². The number of esters is 1. The molecule has 0 fully saturated rings. The minimum Gasteiger partial charge on any atom is -0.465 e. The number of ether oxygens (including phenoxy) is 1. The Hall–Kier alpha value is -2.09. The molecule has 5 N–H and O–H groups in total. The van der Waals surface area contributed by atoms with Crippen LogP contribution >= 0.6 is 0 Å². The molecule has 0 aromatic carbocycles. The number of carbonyl (C=O) groups excluding carboxylic acids is 2. The molecule has 8 nitrogen and oxygen atoms in total. The Morgan fingerprint density at radius 3 is 2.07 bits per heavy atom. The summed E-state index contributed by atoms with van der Waals surface area (Å²) in [4.78, 5) is 29.1. The predicted octanol–water partition coefficient (Wildman–Crippen LogP) is -0.613. The normalized spacial score (nSPS) is 10.0. The van der Waals surface area contributed by atoms with Crippen molar-refractivity contribution in [2.75, 3.05) is 0 Å². The summed E-state index contributed by atoms with van der Waals surface area (Å²) in [5.41, 5.74) is 4.36. The van der Waals surface area contributed by atoms with E-state index in [-0.39, 0.29) is 0 Å². The summed E-state index contributed by atoms with van der Waals surface area (Å²) < 4.78 is 4.20. The van der Waals surface area contributed by atoms with Gasteiger partial charge in [-0.3, -0.25) is 0 Å². The van der Waals surface area contributed by atoms with Gasteiger partial charge >= 0.3 is 18.1 Å². The molecule has 0 aliphatic heterocycles. The molecule has 3 amide bonds. The fourth-order valence-electron chi connectivity index (χ4n) is 0.322. The molecule has 0 aromatic rings. The van der Waals surface area contributed by atoms with E-state index in [0.717, 1.165) is 6.08 Å². The van der Waals surface area contributed by atoms with E-state index in [2.05, 4.69) is 17.0 Å². The maximum Gasteiger partial charge on any atom is 0.412 e. The zero-order valence-corrected chi connectivity index (χ0v) is 7.97. The lowest BCUT2D eigenvalue weighted by Crippen LogP contribution is -2.33. The van der Waals surface area contributed by atoms with E-state index in [1.807, 2.05) is 0 Å². The second-order valence-corrected chi connectivity index (χ2v) is 2.03. The Morgan fingerprint density at radius 1 is 1.53 bits per heavy atom. The van der Waals surface area contributed by atoms with Crippen molar-refractivity contribution in [3.8, 4) is 0 Å². The monoisotopic (exact) mass is 220 g/mol. The maximum atomic E-state index is 10.1. The maximum absolute atomic E-state index is 10.1. The van der Waals surface area contributed by atoms with Gasteiger partial charge in [-0.05, 0) is 6.92 Å². The zero-order chi connectivity index (χ0) is 12.4. The fourth-order valence-corrected chi connectivity index (χ4v) is 0.322. The minimum absolute atomic E-state index is 0.611. The Morgan fingerprint density at radius 2 is 2.00 bits per heavy atom. The standard InChI is InChI=1S/C5H8O3.C2H4N2O3/c1-3-5(7)8-4(2)6;3-1(5)4-2(6)7/h3-4,6H,1H2,2H3;(H,6,7)(H3,3,4,5). The van der Waals surface area contributed by atoms with Gasteiger partial charge in [0.05, 0.1) is 0 Å². The van der Waals surface area contributed by atoms with Gasteiger partial charge in [0.15, 0.2) is 6.29 Å². The Bertz CT molecular complexity index is 238. The molecule has 1 atom stereocenters. The highest BCUT2D eigenvalue weighted by Crippen LogP contribution is 1.84. The molecule has 0 rings (SSSR count). The van der Waals surface area contributed by atoms with Gasteiger partial charge in [0.2, 0.25) is 0 Å². The van der Waals surface area contributed by atoms with Crippen LogP contribution in [0.15, 0.2) is 12.7 Å². The molecule has 0 aliphatic rings. The van der Waals surface area contributed by atoms with Crippen LogP contribution in [0.1, 0.15) is 6.92 Å². The number of carbonyl (C=O) groups is 3. The van der Waals surface area contributed by atoms with Gasteiger partial charge in [-0.2, -0.15) is 0 Å². The summed E-state index contributed by atoms with van der Waals surface area (Å²) in [6.45, 7) is 4.48. The van der Waals surface area contributed by atoms with Crippen LogP contribution in [-0.4, -0.2) is 34.6 Å². The number of aliphatic hydroxyl groups is 1. The van der Waals surface area contributed by atoms with Crippen LogP contribution in [0.2, 0.25) is 0 Å². The zero-order valence-electron chi connectivity index (χ0n) is 7.97. The average molecular weight is 220 g/mol. The molecule has 0 spiro atoms. The number of hydrogen-bond donors (Lipinski definition) is 4. The van der Waals surface area contributed by atoms with E-state index in [1.165, 1.54) is 12.2 Å². The second kappa shape index (κ2) is 8.51. The minimum atomic E-state index is -1.44. The highest BCUT2D eigenvalue weighted by atomic mass is 16.6. The number of primary amides is 1. The third-order valence-electron chi connectivity index (χ3n) is 0.684. The van der Waals surface area contributed by atoms with Crippen molar-refractivity contribution in [1.82, 2.24) is 5.32 Å². The lowest BCUT2D eigenvalue weighted by atomic mass is 10.6. The third-order valence-corrected chi connectivity index (χ3v) is 0.684. The molecule has 8 heteroatoms. The molecule has 86 valence electrons. The van der Waals surface area contributed by atoms with E-state index in [9.17, 15) is 14.4 Å². The van der Waals surface area contributed by atoms with Gasteiger partial charge < -0.3 is 20.7 Å². The van der Waals surface area contributed by atoms with Gasteiger partial charge in [0.25, 0.3) is 0 Å². The quantitative estimate of drug-likeness (QED) is 0.278. The van der Waals surface area contributed by atoms with E-state index in [1.54, 1.807) is 0 Å². The molecular formula is C7H12N2O6. The van der Waals surface area contributed by atoms with E-state index in [4.69, 9.17) is 10.2 Å². The topological polar surface area (TPSA) is 139 Å². The summed E-state index contributed by atoms with van der Waals surface area (Å²) in [5.74, 6) is -0.611. The molecule has 0 saturated carbocycles. The van der Waals surface area contributed by atoms with Gasteiger partial charge in [-0.25, -0.2) is 19.7 Å². The van der Waals surface area contributed by atoms with Crippen molar-refractivity contribution in [3.63, 3.8) is 0 Å². The number of nitrogens with one attached hydrogen (secondary N) is 1. The lowest BCUT2D eigenvalue weighted by molar-refractivity contribution is -0.158. The van der Waals surface area contributed by atoms with Gasteiger partial charge in [-0.15, -0.1) is 0 Å². The summed E-state index contributed by atoms with van der Waals surface area (Å²) >= 11 is 0. The van der Waals surface area contributed by atoms with E-state index in [0.29, 0.717) is 0 Å². The average Bonchev–Trinajstić information content (AvgIpc) is 2.01. The SMILES string of the molecule is C=CC(=O)OC(C)O.NC(=O)NC(=O)O. The van der Waals surface area contributed by atoms with Crippen molar-refractivity contribution < 1.29 is 29.3 Å². The Kier molecular flexibility index (Phi) is 8.72.